The molecule has 8 heteroatoms. The molecule has 0 aliphatic carbocycles. The summed E-state index contributed by atoms with van der Waals surface area (Å²) >= 11 is 1.32. The van der Waals surface area contributed by atoms with E-state index in [4.69, 9.17) is 0 Å². The molecule has 0 fully saturated rings. The van der Waals surface area contributed by atoms with Crippen LogP contribution in [0.25, 0.3) is 0 Å². The number of amides is 2. The van der Waals surface area contributed by atoms with Crippen LogP contribution in [0.3, 0.4) is 0 Å². The third-order valence-corrected chi connectivity index (χ3v) is 3.61. The van der Waals surface area contributed by atoms with E-state index in [-0.39, 0.29) is 30.5 Å². The van der Waals surface area contributed by atoms with Crippen molar-refractivity contribution < 1.29 is 23.1 Å². The summed E-state index contributed by atoms with van der Waals surface area (Å²) in [6, 6.07) is 9.05. The summed E-state index contributed by atoms with van der Waals surface area (Å²) in [5.41, 5.74) is 0.459. The van der Waals surface area contributed by atoms with Crippen molar-refractivity contribution in [3.63, 3.8) is 0 Å². The first-order valence-electron chi connectivity index (χ1n) is 6.71. The van der Waals surface area contributed by atoms with E-state index in [1.54, 1.807) is 17.5 Å². The van der Waals surface area contributed by atoms with Crippen molar-refractivity contribution in [1.82, 2.24) is 5.32 Å². The van der Waals surface area contributed by atoms with E-state index >= 15 is 0 Å². The highest BCUT2D eigenvalue weighted by atomic mass is 32.1. The van der Waals surface area contributed by atoms with Crippen LogP contribution < -0.4 is 15.4 Å². The highest BCUT2D eigenvalue weighted by Gasteiger charge is 2.08. The van der Waals surface area contributed by atoms with E-state index in [0.717, 1.165) is 0 Å². The van der Waals surface area contributed by atoms with E-state index in [1.807, 2.05) is 0 Å². The van der Waals surface area contributed by atoms with E-state index in [1.165, 1.54) is 35.6 Å². The first kappa shape index (κ1) is 16.9. The highest BCUT2D eigenvalue weighted by molar-refractivity contribution is 7.12. The SMILES string of the molecule is O=C(CCNC(=O)c1cccs1)Nc1ccc(OC(F)F)cc1. The third kappa shape index (κ3) is 5.67. The Balaban J connectivity index is 1.73. The minimum absolute atomic E-state index is 0.0150. The van der Waals surface area contributed by atoms with Crippen molar-refractivity contribution in [2.45, 2.75) is 13.0 Å². The number of alkyl halides is 2. The van der Waals surface area contributed by atoms with Crippen LogP contribution in [0.1, 0.15) is 16.1 Å². The second-order valence-electron chi connectivity index (χ2n) is 4.43. The van der Waals surface area contributed by atoms with Crippen LogP contribution in [-0.2, 0) is 4.79 Å². The van der Waals surface area contributed by atoms with Crippen molar-refractivity contribution in [2.24, 2.45) is 0 Å². The summed E-state index contributed by atoms with van der Waals surface area (Å²) in [4.78, 5) is 24.0. The number of anilines is 1. The predicted molar refractivity (Wildman–Crippen MR) is 83.0 cm³/mol. The standard InChI is InChI=1S/C15H14F2N2O3S/c16-15(17)22-11-5-3-10(4-6-11)19-13(20)7-8-18-14(21)12-2-1-9-23-12/h1-6,9,15H,7-8H2,(H,18,21)(H,19,20). The Bertz CT molecular complexity index is 645. The Morgan fingerprint density at radius 2 is 1.91 bits per heavy atom. The number of halogens is 2. The fraction of sp³-hybridized carbons (Fsp3) is 0.200. The fourth-order valence-electron chi connectivity index (χ4n) is 1.73. The zero-order valence-corrected chi connectivity index (χ0v) is 12.7. The molecule has 0 aliphatic rings. The van der Waals surface area contributed by atoms with Gasteiger partial charge in [0.15, 0.2) is 0 Å². The van der Waals surface area contributed by atoms with Gasteiger partial charge in [0, 0.05) is 18.7 Å². The number of hydrogen-bond donors (Lipinski definition) is 2. The lowest BCUT2D eigenvalue weighted by Crippen LogP contribution is -2.27. The van der Waals surface area contributed by atoms with Crippen molar-refractivity contribution in [3.8, 4) is 5.75 Å². The molecule has 1 aromatic heterocycles. The first-order valence-corrected chi connectivity index (χ1v) is 7.59. The minimum Gasteiger partial charge on any atom is -0.435 e. The van der Waals surface area contributed by atoms with Gasteiger partial charge in [0.05, 0.1) is 4.88 Å². The smallest absolute Gasteiger partial charge is 0.387 e. The molecule has 1 aromatic carbocycles. The molecule has 0 aliphatic heterocycles. The summed E-state index contributed by atoms with van der Waals surface area (Å²) in [6.07, 6.45) is 0.104. The van der Waals surface area contributed by atoms with Gasteiger partial charge in [0.2, 0.25) is 5.91 Å². The number of hydrogen-bond acceptors (Lipinski definition) is 4. The number of rotatable bonds is 7. The summed E-state index contributed by atoms with van der Waals surface area (Å²) in [5.74, 6) is -0.499. The molecule has 2 rings (SSSR count). The minimum atomic E-state index is -2.89. The molecule has 0 radical (unpaired) electrons. The van der Waals surface area contributed by atoms with Crippen LogP contribution in [0.4, 0.5) is 14.5 Å². The predicted octanol–water partition coefficient (Wildman–Crippen LogP) is 3.11. The molecule has 23 heavy (non-hydrogen) atoms. The summed E-state index contributed by atoms with van der Waals surface area (Å²) in [7, 11) is 0. The van der Waals surface area contributed by atoms with Crippen LogP contribution >= 0.6 is 11.3 Å². The number of nitrogens with one attached hydrogen (secondary N) is 2. The van der Waals surface area contributed by atoms with Gasteiger partial charge >= 0.3 is 6.61 Å². The molecule has 1 heterocycles. The average Bonchev–Trinajstić information content (AvgIpc) is 3.03. The Morgan fingerprint density at radius 1 is 1.17 bits per heavy atom. The van der Waals surface area contributed by atoms with E-state index in [0.29, 0.717) is 10.6 Å². The zero-order valence-electron chi connectivity index (χ0n) is 11.9. The molecule has 0 unspecified atom stereocenters. The highest BCUT2D eigenvalue weighted by Crippen LogP contribution is 2.17. The Kier molecular flexibility index (Phi) is 6.04. The maximum atomic E-state index is 12.0. The van der Waals surface area contributed by atoms with Crippen LogP contribution in [0.15, 0.2) is 41.8 Å². The number of carbonyl (C=O) groups is 2. The van der Waals surface area contributed by atoms with Crippen LogP contribution in [0, 0.1) is 0 Å². The molecular formula is C15H14F2N2O3S. The van der Waals surface area contributed by atoms with Crippen molar-refractivity contribution >= 4 is 28.8 Å². The molecule has 0 saturated heterocycles. The normalized spacial score (nSPS) is 10.4. The lowest BCUT2D eigenvalue weighted by Gasteiger charge is -2.08. The van der Waals surface area contributed by atoms with E-state index in [2.05, 4.69) is 15.4 Å². The quantitative estimate of drug-likeness (QED) is 0.814. The van der Waals surface area contributed by atoms with Gasteiger partial charge in [-0.2, -0.15) is 8.78 Å². The van der Waals surface area contributed by atoms with E-state index in [9.17, 15) is 18.4 Å². The number of carbonyl (C=O) groups excluding carboxylic acids is 2. The molecule has 2 N–H and O–H groups in total. The molecule has 0 atom stereocenters. The van der Waals surface area contributed by atoms with Crippen LogP contribution in [-0.4, -0.2) is 25.0 Å². The zero-order chi connectivity index (χ0) is 16.7. The third-order valence-electron chi connectivity index (χ3n) is 2.75. The lowest BCUT2D eigenvalue weighted by atomic mass is 10.3. The van der Waals surface area contributed by atoms with Crippen LogP contribution in [0.2, 0.25) is 0 Å². The molecule has 0 bridgehead atoms. The molecule has 2 amide bonds. The fourth-order valence-corrected chi connectivity index (χ4v) is 2.37. The van der Waals surface area contributed by atoms with Gasteiger partial charge in [-0.05, 0) is 35.7 Å². The molecule has 0 spiro atoms. The Labute approximate surface area is 135 Å². The maximum Gasteiger partial charge on any atom is 0.387 e. The first-order chi connectivity index (χ1) is 11.0. The number of ether oxygens (including phenoxy) is 1. The Hall–Kier alpha value is -2.48. The van der Waals surface area contributed by atoms with Gasteiger partial charge < -0.3 is 15.4 Å². The molecule has 2 aromatic rings. The topological polar surface area (TPSA) is 67.4 Å². The van der Waals surface area contributed by atoms with Crippen molar-refractivity contribution in [1.29, 1.82) is 0 Å². The number of benzene rings is 1. The van der Waals surface area contributed by atoms with Crippen molar-refractivity contribution in [2.75, 3.05) is 11.9 Å². The summed E-state index contributed by atoms with van der Waals surface area (Å²) < 4.78 is 28.2. The Morgan fingerprint density at radius 3 is 2.52 bits per heavy atom. The van der Waals surface area contributed by atoms with Gasteiger partial charge in [0.1, 0.15) is 5.75 Å². The van der Waals surface area contributed by atoms with Crippen molar-refractivity contribution in [3.05, 3.63) is 46.7 Å². The van der Waals surface area contributed by atoms with Gasteiger partial charge in [-0.25, -0.2) is 0 Å². The summed E-state index contributed by atoms with van der Waals surface area (Å²) in [5, 5.41) is 7.03. The van der Waals surface area contributed by atoms with E-state index < -0.39 is 6.61 Å². The lowest BCUT2D eigenvalue weighted by molar-refractivity contribution is -0.116. The average molecular weight is 340 g/mol. The molecule has 5 nitrogen and oxygen atoms in total. The second kappa shape index (κ2) is 8.23. The summed E-state index contributed by atoms with van der Waals surface area (Å²) in [6.45, 7) is -2.68. The van der Waals surface area contributed by atoms with Gasteiger partial charge in [-0.1, -0.05) is 6.07 Å². The number of thiophene rings is 1. The maximum absolute atomic E-state index is 12.0. The van der Waals surface area contributed by atoms with Crippen LogP contribution in [0.5, 0.6) is 5.75 Å². The largest absolute Gasteiger partial charge is 0.435 e. The molecular weight excluding hydrogens is 326 g/mol. The van der Waals surface area contributed by atoms with Gasteiger partial charge in [0.25, 0.3) is 5.91 Å². The van der Waals surface area contributed by atoms with Gasteiger partial charge in [-0.3, -0.25) is 9.59 Å². The molecule has 122 valence electrons. The monoisotopic (exact) mass is 340 g/mol. The molecule has 0 saturated carbocycles. The van der Waals surface area contributed by atoms with Gasteiger partial charge in [-0.15, -0.1) is 11.3 Å². The second-order valence-corrected chi connectivity index (χ2v) is 5.38.